The van der Waals surface area contributed by atoms with Gasteiger partial charge < -0.3 is 15.5 Å². The molecule has 1 aliphatic heterocycles. The van der Waals surface area contributed by atoms with E-state index in [-0.39, 0.29) is 5.91 Å². The van der Waals surface area contributed by atoms with Gasteiger partial charge in [0.05, 0.1) is 11.1 Å². The van der Waals surface area contributed by atoms with Crippen LogP contribution in [-0.4, -0.2) is 48.0 Å². The van der Waals surface area contributed by atoms with E-state index in [1.165, 1.54) is 32.4 Å². The molecule has 2 aromatic rings. The fraction of sp³-hybridized carbons (Fsp3) is 0.545. The highest BCUT2D eigenvalue weighted by molar-refractivity contribution is 6.07. The van der Waals surface area contributed by atoms with Crippen molar-refractivity contribution in [1.29, 1.82) is 0 Å². The second-order valence-corrected chi connectivity index (χ2v) is 8.17. The molecule has 1 aromatic carbocycles. The summed E-state index contributed by atoms with van der Waals surface area (Å²) in [7, 11) is 0. The number of pyridine rings is 1. The van der Waals surface area contributed by atoms with E-state index < -0.39 is 0 Å². The summed E-state index contributed by atoms with van der Waals surface area (Å²) in [6.45, 7) is 6.72. The highest BCUT2D eigenvalue weighted by atomic mass is 16.1. The molecule has 5 nitrogen and oxygen atoms in total. The number of carbonyl (C=O) groups excluding carboxylic acids is 1. The lowest BCUT2D eigenvalue weighted by molar-refractivity contribution is 0.0952. The van der Waals surface area contributed by atoms with Crippen molar-refractivity contribution >= 4 is 22.6 Å². The van der Waals surface area contributed by atoms with Crippen molar-refractivity contribution in [3.63, 3.8) is 0 Å². The maximum atomic E-state index is 12.7. The van der Waals surface area contributed by atoms with Crippen molar-refractivity contribution in [3.8, 4) is 0 Å². The minimum Gasteiger partial charge on any atom is -0.370 e. The molecule has 1 aliphatic carbocycles. The molecule has 144 valence electrons. The monoisotopic (exact) mass is 366 g/mol. The van der Waals surface area contributed by atoms with E-state index in [0.29, 0.717) is 12.0 Å². The molecule has 1 atom stereocenters. The third-order valence-corrected chi connectivity index (χ3v) is 5.52. The van der Waals surface area contributed by atoms with Gasteiger partial charge in [0.25, 0.3) is 5.91 Å². The van der Waals surface area contributed by atoms with Gasteiger partial charge in [-0.1, -0.05) is 31.5 Å². The molecule has 2 fully saturated rings. The van der Waals surface area contributed by atoms with Gasteiger partial charge in [-0.3, -0.25) is 4.79 Å². The van der Waals surface area contributed by atoms with Crippen LogP contribution in [-0.2, 0) is 0 Å². The first-order valence-electron chi connectivity index (χ1n) is 10.4. The smallest absolute Gasteiger partial charge is 0.252 e. The van der Waals surface area contributed by atoms with Gasteiger partial charge in [0.1, 0.15) is 5.82 Å². The minimum absolute atomic E-state index is 0.0144. The average molecular weight is 367 g/mol. The number of aromatic nitrogens is 1. The Morgan fingerprint density at radius 1 is 1.22 bits per heavy atom. The first-order chi connectivity index (χ1) is 13.2. The number of hydrogen-bond acceptors (Lipinski definition) is 4. The SMILES string of the molecule is CC(CNc1cc(C(=O)NC2CC2)c2ccccc2n1)CN1CCCCC1. The van der Waals surface area contributed by atoms with Gasteiger partial charge >= 0.3 is 0 Å². The molecule has 1 aromatic heterocycles. The number of piperidine rings is 1. The van der Waals surface area contributed by atoms with Crippen LogP contribution < -0.4 is 10.6 Å². The second kappa shape index (κ2) is 8.26. The first-order valence-corrected chi connectivity index (χ1v) is 10.4. The van der Waals surface area contributed by atoms with Crippen LogP contribution >= 0.6 is 0 Å². The Labute approximate surface area is 161 Å². The molecule has 1 unspecified atom stereocenters. The predicted molar refractivity (Wildman–Crippen MR) is 110 cm³/mol. The van der Waals surface area contributed by atoms with Crippen molar-refractivity contribution in [2.75, 3.05) is 31.5 Å². The molecule has 2 heterocycles. The number of hydrogen-bond donors (Lipinski definition) is 2. The number of rotatable bonds is 7. The van der Waals surface area contributed by atoms with Gasteiger partial charge in [0.15, 0.2) is 0 Å². The second-order valence-electron chi connectivity index (χ2n) is 8.17. The topological polar surface area (TPSA) is 57.3 Å². The van der Waals surface area contributed by atoms with Crippen LogP contribution in [0, 0.1) is 5.92 Å². The Morgan fingerprint density at radius 3 is 2.78 bits per heavy atom. The van der Waals surface area contributed by atoms with Crippen LogP contribution in [0.3, 0.4) is 0 Å². The standard InChI is InChI=1S/C22H30N4O/c1-16(15-26-11-5-2-6-12-26)14-23-21-13-19(22(27)24-17-9-10-17)18-7-3-4-8-20(18)25-21/h3-4,7-8,13,16-17H,2,5-6,9-12,14-15H2,1H3,(H,23,25)(H,24,27). The fourth-order valence-corrected chi connectivity index (χ4v) is 3.87. The normalized spacial score (nSPS) is 19.0. The van der Waals surface area contributed by atoms with E-state index in [9.17, 15) is 4.79 Å². The molecule has 2 N–H and O–H groups in total. The molecular formula is C22H30N4O. The lowest BCUT2D eigenvalue weighted by atomic mass is 10.1. The average Bonchev–Trinajstić information content (AvgIpc) is 3.50. The maximum absolute atomic E-state index is 12.7. The maximum Gasteiger partial charge on any atom is 0.252 e. The van der Waals surface area contributed by atoms with Crippen molar-refractivity contribution in [3.05, 3.63) is 35.9 Å². The number of benzene rings is 1. The molecule has 1 saturated carbocycles. The van der Waals surface area contributed by atoms with Gasteiger partial charge in [-0.2, -0.15) is 0 Å². The summed E-state index contributed by atoms with van der Waals surface area (Å²) in [4.78, 5) is 20.0. The van der Waals surface area contributed by atoms with Crippen LogP contribution in [0.15, 0.2) is 30.3 Å². The quantitative estimate of drug-likeness (QED) is 0.785. The van der Waals surface area contributed by atoms with Crippen molar-refractivity contribution < 1.29 is 4.79 Å². The van der Waals surface area contributed by atoms with E-state index in [1.54, 1.807) is 0 Å². The number of nitrogens with one attached hydrogen (secondary N) is 2. The van der Waals surface area contributed by atoms with Gasteiger partial charge in [-0.05, 0) is 56.8 Å². The van der Waals surface area contributed by atoms with Crippen molar-refractivity contribution in [2.24, 2.45) is 5.92 Å². The van der Waals surface area contributed by atoms with Crippen LogP contribution in [0.1, 0.15) is 49.4 Å². The largest absolute Gasteiger partial charge is 0.370 e. The molecule has 27 heavy (non-hydrogen) atoms. The summed E-state index contributed by atoms with van der Waals surface area (Å²) >= 11 is 0. The van der Waals surface area contributed by atoms with Gasteiger partial charge in [-0.25, -0.2) is 4.98 Å². The van der Waals surface area contributed by atoms with Crippen LogP contribution in [0.5, 0.6) is 0 Å². The number of anilines is 1. The number of carbonyl (C=O) groups is 1. The predicted octanol–water partition coefficient (Wildman–Crippen LogP) is 3.66. The van der Waals surface area contributed by atoms with Crippen LogP contribution in [0.25, 0.3) is 10.9 Å². The summed E-state index contributed by atoms with van der Waals surface area (Å²) in [5.74, 6) is 1.35. The van der Waals surface area contributed by atoms with E-state index >= 15 is 0 Å². The van der Waals surface area contributed by atoms with Gasteiger partial charge in [0, 0.05) is 24.5 Å². The highest BCUT2D eigenvalue weighted by Crippen LogP contribution is 2.24. The first kappa shape index (κ1) is 18.2. The van der Waals surface area contributed by atoms with E-state index in [4.69, 9.17) is 4.98 Å². The molecule has 0 bridgehead atoms. The number of fused-ring (bicyclic) bond motifs is 1. The third kappa shape index (κ3) is 4.78. The zero-order chi connectivity index (χ0) is 18.6. The van der Waals surface area contributed by atoms with Crippen molar-refractivity contribution in [2.45, 2.75) is 45.1 Å². The Kier molecular flexibility index (Phi) is 5.58. The zero-order valence-electron chi connectivity index (χ0n) is 16.2. The Morgan fingerprint density at radius 2 is 2.00 bits per heavy atom. The van der Waals surface area contributed by atoms with Gasteiger partial charge in [-0.15, -0.1) is 0 Å². The summed E-state index contributed by atoms with van der Waals surface area (Å²) in [6.07, 6.45) is 6.20. The summed E-state index contributed by atoms with van der Waals surface area (Å²) in [5, 5.41) is 7.50. The Bertz CT molecular complexity index is 796. The van der Waals surface area contributed by atoms with E-state index in [0.717, 1.165) is 48.2 Å². The number of nitrogens with zero attached hydrogens (tertiary/aromatic N) is 2. The third-order valence-electron chi connectivity index (χ3n) is 5.52. The van der Waals surface area contributed by atoms with Gasteiger partial charge in [0.2, 0.25) is 0 Å². The number of amides is 1. The molecule has 1 amide bonds. The molecule has 4 rings (SSSR count). The lowest BCUT2D eigenvalue weighted by Gasteiger charge is -2.29. The molecular weight excluding hydrogens is 336 g/mol. The van der Waals surface area contributed by atoms with E-state index in [2.05, 4.69) is 22.5 Å². The zero-order valence-corrected chi connectivity index (χ0v) is 16.2. The molecule has 0 radical (unpaired) electrons. The minimum atomic E-state index is 0.0144. The molecule has 1 saturated heterocycles. The number of para-hydroxylation sites is 1. The summed E-state index contributed by atoms with van der Waals surface area (Å²) in [5.41, 5.74) is 1.59. The highest BCUT2D eigenvalue weighted by Gasteiger charge is 2.25. The lowest BCUT2D eigenvalue weighted by Crippen LogP contribution is -2.35. The van der Waals surface area contributed by atoms with Crippen molar-refractivity contribution in [1.82, 2.24) is 15.2 Å². The van der Waals surface area contributed by atoms with E-state index in [1.807, 2.05) is 30.3 Å². The molecule has 0 spiro atoms. The Balaban J connectivity index is 1.45. The Hall–Kier alpha value is -2.14. The number of likely N-dealkylation sites (tertiary alicyclic amines) is 1. The summed E-state index contributed by atoms with van der Waals surface area (Å²) < 4.78 is 0. The fourth-order valence-electron chi connectivity index (χ4n) is 3.87. The van der Waals surface area contributed by atoms with Crippen LogP contribution in [0.4, 0.5) is 5.82 Å². The van der Waals surface area contributed by atoms with Crippen LogP contribution in [0.2, 0.25) is 0 Å². The summed E-state index contributed by atoms with van der Waals surface area (Å²) in [6, 6.07) is 10.2. The molecule has 2 aliphatic rings. The molecule has 5 heteroatoms.